The van der Waals surface area contributed by atoms with Gasteiger partial charge in [0, 0.05) is 36.2 Å². The number of carbonyl (C=O) groups is 1. The minimum atomic E-state index is -0.855. The summed E-state index contributed by atoms with van der Waals surface area (Å²) in [5.74, 6) is 0.662. The van der Waals surface area contributed by atoms with Crippen LogP contribution in [0.1, 0.15) is 28.6 Å². The number of aliphatic carboxylic acids is 1. The second-order valence-corrected chi connectivity index (χ2v) is 7.18. The van der Waals surface area contributed by atoms with Gasteiger partial charge in [-0.1, -0.05) is 18.2 Å². The molecule has 3 rings (SSSR count). The molecule has 0 aliphatic heterocycles. The molecule has 0 aliphatic rings. The van der Waals surface area contributed by atoms with Gasteiger partial charge < -0.3 is 24.8 Å². The maximum absolute atomic E-state index is 10.7. The van der Waals surface area contributed by atoms with Crippen molar-refractivity contribution in [3.8, 4) is 11.6 Å². The Morgan fingerprint density at radius 3 is 2.40 bits per heavy atom. The van der Waals surface area contributed by atoms with Crippen molar-refractivity contribution in [2.45, 2.75) is 26.4 Å². The summed E-state index contributed by atoms with van der Waals surface area (Å²) >= 11 is 0. The lowest BCUT2D eigenvalue weighted by molar-refractivity contribution is -0.136. The first-order valence-electron chi connectivity index (χ1n) is 9.87. The van der Waals surface area contributed by atoms with Crippen LogP contribution in [0.5, 0.6) is 5.75 Å². The zero-order valence-electron chi connectivity index (χ0n) is 17.2. The van der Waals surface area contributed by atoms with Crippen molar-refractivity contribution in [3.63, 3.8) is 0 Å². The molecule has 30 heavy (non-hydrogen) atoms. The Kier molecular flexibility index (Phi) is 7.21. The van der Waals surface area contributed by atoms with Crippen LogP contribution in [-0.4, -0.2) is 45.4 Å². The Morgan fingerprint density at radius 2 is 1.80 bits per heavy atom. The molecule has 0 saturated heterocycles. The average molecular weight is 409 g/mol. The van der Waals surface area contributed by atoms with Crippen molar-refractivity contribution in [1.29, 1.82) is 0 Å². The maximum atomic E-state index is 10.7. The standard InChI is InChI=1S/C23H27N3O4/c1-16-3-4-17(2)26(16)22-10-7-19(14-25-22)21(27)15-24-11-12-30-20-8-5-18(6-9-20)13-23(28)29/h3-10,14,21,24,27H,11-13,15H2,1-2H3,(H,28,29)/t21-/m1/s1. The summed E-state index contributed by atoms with van der Waals surface area (Å²) in [6.07, 6.45) is 1.05. The topological polar surface area (TPSA) is 96.6 Å². The van der Waals surface area contributed by atoms with E-state index in [4.69, 9.17) is 9.84 Å². The molecule has 7 heteroatoms. The zero-order valence-corrected chi connectivity index (χ0v) is 17.2. The lowest BCUT2D eigenvalue weighted by atomic mass is 10.1. The van der Waals surface area contributed by atoms with Gasteiger partial charge in [-0.2, -0.15) is 0 Å². The second kappa shape index (κ2) is 10.0. The van der Waals surface area contributed by atoms with E-state index in [1.807, 2.05) is 26.0 Å². The largest absolute Gasteiger partial charge is 0.492 e. The number of nitrogens with one attached hydrogen (secondary N) is 1. The number of carboxylic acids is 1. The predicted molar refractivity (Wildman–Crippen MR) is 114 cm³/mol. The van der Waals surface area contributed by atoms with Gasteiger partial charge in [0.05, 0.1) is 12.5 Å². The van der Waals surface area contributed by atoms with E-state index < -0.39 is 12.1 Å². The van der Waals surface area contributed by atoms with Gasteiger partial charge in [0.15, 0.2) is 0 Å². The molecule has 7 nitrogen and oxygen atoms in total. The summed E-state index contributed by atoms with van der Waals surface area (Å²) in [5, 5.41) is 22.3. The third-order valence-electron chi connectivity index (χ3n) is 4.82. The van der Waals surface area contributed by atoms with E-state index in [-0.39, 0.29) is 6.42 Å². The third kappa shape index (κ3) is 5.68. The van der Waals surface area contributed by atoms with Crippen LogP contribution >= 0.6 is 0 Å². The van der Waals surface area contributed by atoms with E-state index in [9.17, 15) is 9.90 Å². The number of hydrogen-bond donors (Lipinski definition) is 3. The highest BCUT2D eigenvalue weighted by Gasteiger charge is 2.10. The van der Waals surface area contributed by atoms with Crippen molar-refractivity contribution in [1.82, 2.24) is 14.9 Å². The molecule has 1 aromatic carbocycles. The fourth-order valence-electron chi connectivity index (χ4n) is 3.23. The molecule has 2 heterocycles. The van der Waals surface area contributed by atoms with E-state index in [0.717, 1.165) is 28.3 Å². The first-order chi connectivity index (χ1) is 14.4. The van der Waals surface area contributed by atoms with Crippen LogP contribution in [0.2, 0.25) is 0 Å². The molecular formula is C23H27N3O4. The summed E-state index contributed by atoms with van der Waals surface area (Å²) in [4.78, 5) is 15.2. The number of ether oxygens (including phenoxy) is 1. The highest BCUT2D eigenvalue weighted by atomic mass is 16.5. The Hall–Kier alpha value is -3.16. The Bertz CT molecular complexity index is 946. The highest BCUT2D eigenvalue weighted by Crippen LogP contribution is 2.17. The van der Waals surface area contributed by atoms with Gasteiger partial charge in [-0.3, -0.25) is 4.79 Å². The van der Waals surface area contributed by atoms with Gasteiger partial charge in [-0.25, -0.2) is 4.98 Å². The highest BCUT2D eigenvalue weighted by molar-refractivity contribution is 5.70. The number of aliphatic hydroxyl groups excluding tert-OH is 1. The van der Waals surface area contributed by atoms with Gasteiger partial charge in [0.25, 0.3) is 0 Å². The van der Waals surface area contributed by atoms with Crippen LogP contribution in [-0.2, 0) is 11.2 Å². The van der Waals surface area contributed by atoms with Crippen molar-refractivity contribution in [2.75, 3.05) is 19.7 Å². The maximum Gasteiger partial charge on any atom is 0.307 e. The third-order valence-corrected chi connectivity index (χ3v) is 4.82. The molecule has 0 bridgehead atoms. The van der Waals surface area contributed by atoms with Gasteiger partial charge in [-0.15, -0.1) is 0 Å². The minimum absolute atomic E-state index is 0.000205. The van der Waals surface area contributed by atoms with Gasteiger partial charge in [0.2, 0.25) is 0 Å². The first kappa shape index (κ1) is 21.5. The molecule has 3 N–H and O–H groups in total. The molecular weight excluding hydrogens is 382 g/mol. The number of rotatable bonds is 10. The molecule has 0 fully saturated rings. The van der Waals surface area contributed by atoms with E-state index in [0.29, 0.717) is 25.4 Å². The summed E-state index contributed by atoms with van der Waals surface area (Å²) in [5.41, 5.74) is 3.72. The lowest BCUT2D eigenvalue weighted by Crippen LogP contribution is -2.26. The molecule has 0 unspecified atom stereocenters. The van der Waals surface area contributed by atoms with Crippen LogP contribution in [0.25, 0.3) is 5.82 Å². The number of carboxylic acid groups (broad SMARTS) is 1. The molecule has 158 valence electrons. The number of benzene rings is 1. The summed E-state index contributed by atoms with van der Waals surface area (Å²) in [6, 6.07) is 14.9. The fraction of sp³-hybridized carbons (Fsp3) is 0.304. The quantitative estimate of drug-likeness (QED) is 0.446. The fourth-order valence-corrected chi connectivity index (χ4v) is 3.23. The minimum Gasteiger partial charge on any atom is -0.492 e. The smallest absolute Gasteiger partial charge is 0.307 e. The molecule has 3 aromatic rings. The molecule has 0 saturated carbocycles. The monoisotopic (exact) mass is 409 g/mol. The van der Waals surface area contributed by atoms with Crippen LogP contribution in [0.15, 0.2) is 54.7 Å². The Balaban J connectivity index is 1.41. The molecule has 0 radical (unpaired) electrons. The number of aliphatic hydroxyl groups is 1. The molecule has 0 aliphatic carbocycles. The second-order valence-electron chi connectivity index (χ2n) is 7.18. The van der Waals surface area contributed by atoms with Crippen LogP contribution in [0, 0.1) is 13.8 Å². The van der Waals surface area contributed by atoms with Crippen LogP contribution in [0.3, 0.4) is 0 Å². The molecule has 2 aromatic heterocycles. The van der Waals surface area contributed by atoms with Crippen LogP contribution in [0.4, 0.5) is 0 Å². The Morgan fingerprint density at radius 1 is 1.10 bits per heavy atom. The average Bonchev–Trinajstić information content (AvgIpc) is 3.06. The molecule has 0 spiro atoms. The summed E-state index contributed by atoms with van der Waals surface area (Å²) in [7, 11) is 0. The van der Waals surface area contributed by atoms with Crippen LogP contribution < -0.4 is 10.1 Å². The van der Waals surface area contributed by atoms with Crippen molar-refractivity contribution in [2.24, 2.45) is 0 Å². The van der Waals surface area contributed by atoms with Gasteiger partial charge >= 0.3 is 5.97 Å². The van der Waals surface area contributed by atoms with Crippen molar-refractivity contribution < 1.29 is 19.7 Å². The first-order valence-corrected chi connectivity index (χ1v) is 9.87. The van der Waals surface area contributed by atoms with E-state index >= 15 is 0 Å². The molecule has 0 amide bonds. The summed E-state index contributed by atoms with van der Waals surface area (Å²) in [6.45, 7) is 5.47. The van der Waals surface area contributed by atoms with Crippen molar-refractivity contribution in [3.05, 3.63) is 77.2 Å². The van der Waals surface area contributed by atoms with Crippen molar-refractivity contribution >= 4 is 5.97 Å². The zero-order chi connectivity index (χ0) is 21.5. The number of nitrogens with zero attached hydrogens (tertiary/aromatic N) is 2. The SMILES string of the molecule is Cc1ccc(C)n1-c1ccc([C@H](O)CNCCOc2ccc(CC(=O)O)cc2)cn1. The van der Waals surface area contributed by atoms with E-state index in [1.165, 1.54) is 0 Å². The number of hydrogen-bond acceptors (Lipinski definition) is 5. The number of aromatic nitrogens is 2. The Labute approximate surface area is 176 Å². The van der Waals surface area contributed by atoms with E-state index in [1.54, 1.807) is 30.5 Å². The summed E-state index contributed by atoms with van der Waals surface area (Å²) < 4.78 is 7.70. The lowest BCUT2D eigenvalue weighted by Gasteiger charge is -2.14. The normalized spacial score (nSPS) is 12.0. The van der Waals surface area contributed by atoms with Gasteiger partial charge in [-0.05, 0) is 49.7 Å². The molecule has 1 atom stereocenters. The number of aryl methyl sites for hydroxylation is 2. The predicted octanol–water partition coefficient (Wildman–Crippen LogP) is 2.82. The van der Waals surface area contributed by atoms with E-state index in [2.05, 4.69) is 27.0 Å². The van der Waals surface area contributed by atoms with Gasteiger partial charge in [0.1, 0.15) is 18.2 Å². The number of pyridine rings is 1.